The lowest BCUT2D eigenvalue weighted by Gasteiger charge is -2.13. The summed E-state index contributed by atoms with van der Waals surface area (Å²) in [5.74, 6) is -7.21. The van der Waals surface area contributed by atoms with E-state index < -0.39 is 79.1 Å². The Morgan fingerprint density at radius 2 is 1.12 bits per heavy atom. The van der Waals surface area contributed by atoms with E-state index in [9.17, 15) is 45.6 Å². The SMILES string of the molecule is O=C(CCSCCC(=O)ON1C(=O)CC(S(=O)(=O)O)C1=O)ON1C(=O)CC(S(=O)(=O)O)C1=O. The molecule has 33 heavy (non-hydrogen) atoms. The van der Waals surface area contributed by atoms with Crippen LogP contribution < -0.4 is 0 Å². The zero-order chi connectivity index (χ0) is 25.1. The fraction of sp³-hybridized carbons (Fsp3) is 0.571. The molecule has 0 aromatic heterocycles. The summed E-state index contributed by atoms with van der Waals surface area (Å²) in [7, 11) is -9.70. The van der Waals surface area contributed by atoms with Crippen molar-refractivity contribution < 1.29 is 64.4 Å². The van der Waals surface area contributed by atoms with Gasteiger partial charge >= 0.3 is 11.9 Å². The van der Waals surface area contributed by atoms with Crippen molar-refractivity contribution in [3.63, 3.8) is 0 Å². The number of rotatable bonds is 10. The van der Waals surface area contributed by atoms with Crippen LogP contribution in [0.15, 0.2) is 0 Å². The fourth-order valence-corrected chi connectivity index (χ4v) is 4.76. The molecular formula is C14H16N2O14S3. The van der Waals surface area contributed by atoms with E-state index in [1.54, 1.807) is 0 Å². The van der Waals surface area contributed by atoms with Crippen LogP contribution in [0, 0.1) is 0 Å². The first-order valence-electron chi connectivity index (χ1n) is 8.78. The zero-order valence-electron chi connectivity index (χ0n) is 16.3. The molecule has 2 N–H and O–H groups in total. The van der Waals surface area contributed by atoms with Gasteiger partial charge in [-0.05, 0) is 0 Å². The second-order valence-electron chi connectivity index (χ2n) is 6.51. The zero-order valence-corrected chi connectivity index (χ0v) is 18.8. The van der Waals surface area contributed by atoms with E-state index in [2.05, 4.69) is 9.68 Å². The molecule has 16 nitrogen and oxygen atoms in total. The van der Waals surface area contributed by atoms with Gasteiger partial charge in [0.25, 0.3) is 43.9 Å². The summed E-state index contributed by atoms with van der Waals surface area (Å²) in [5.41, 5.74) is 0. The lowest BCUT2D eigenvalue weighted by atomic mass is 10.4. The quantitative estimate of drug-likeness (QED) is 0.167. The van der Waals surface area contributed by atoms with E-state index in [-0.39, 0.29) is 34.5 Å². The molecule has 2 unspecified atom stereocenters. The Hall–Kier alpha value is -2.61. The summed E-state index contributed by atoms with van der Waals surface area (Å²) in [6, 6.07) is 0. The third kappa shape index (κ3) is 6.69. The molecule has 0 bridgehead atoms. The van der Waals surface area contributed by atoms with Crippen LogP contribution in [0.4, 0.5) is 0 Å². The smallest absolute Gasteiger partial charge is 0.330 e. The van der Waals surface area contributed by atoms with Crippen LogP contribution in [-0.2, 0) is 58.7 Å². The highest BCUT2D eigenvalue weighted by Gasteiger charge is 2.49. The van der Waals surface area contributed by atoms with Gasteiger partial charge in [0, 0.05) is 11.5 Å². The molecule has 2 aliphatic heterocycles. The summed E-state index contributed by atoms with van der Waals surface area (Å²) in [6.07, 6.45) is -2.50. The minimum absolute atomic E-state index is 0.0104. The summed E-state index contributed by atoms with van der Waals surface area (Å²) < 4.78 is 61.8. The summed E-state index contributed by atoms with van der Waals surface area (Å²) in [5, 5.41) is -4.21. The van der Waals surface area contributed by atoms with Gasteiger partial charge in [-0.15, -0.1) is 10.1 Å². The monoisotopic (exact) mass is 532 g/mol. The highest BCUT2D eigenvalue weighted by Crippen LogP contribution is 2.21. The Labute approximate surface area is 189 Å². The Balaban J connectivity index is 1.70. The van der Waals surface area contributed by atoms with Crippen LogP contribution in [0.3, 0.4) is 0 Å². The molecule has 0 spiro atoms. The normalized spacial score (nSPS) is 21.6. The second kappa shape index (κ2) is 10.1. The number of hydrogen-bond donors (Lipinski definition) is 2. The maximum Gasteiger partial charge on any atom is 0.334 e. The van der Waals surface area contributed by atoms with Gasteiger partial charge in [-0.3, -0.25) is 28.3 Å². The maximum atomic E-state index is 11.7. The van der Waals surface area contributed by atoms with Crippen molar-refractivity contribution in [3.05, 3.63) is 0 Å². The first kappa shape index (κ1) is 26.6. The first-order valence-corrected chi connectivity index (χ1v) is 12.9. The van der Waals surface area contributed by atoms with Crippen molar-refractivity contribution in [1.82, 2.24) is 10.1 Å². The molecule has 4 amide bonds. The van der Waals surface area contributed by atoms with Gasteiger partial charge in [0.05, 0.1) is 25.7 Å². The van der Waals surface area contributed by atoms with E-state index in [1.807, 2.05) is 0 Å². The molecule has 0 aromatic carbocycles. The summed E-state index contributed by atoms with van der Waals surface area (Å²) in [4.78, 5) is 79.1. The summed E-state index contributed by atoms with van der Waals surface area (Å²) in [6.45, 7) is 0. The Bertz CT molecular complexity index is 1010. The number of amides is 4. The average molecular weight is 532 g/mol. The van der Waals surface area contributed by atoms with Crippen molar-refractivity contribution in [2.75, 3.05) is 11.5 Å². The van der Waals surface area contributed by atoms with E-state index in [1.165, 1.54) is 0 Å². The number of hydrogen-bond acceptors (Lipinski definition) is 13. The molecule has 2 fully saturated rings. The second-order valence-corrected chi connectivity index (χ2v) is 10.9. The molecular weight excluding hydrogens is 516 g/mol. The van der Waals surface area contributed by atoms with Crippen molar-refractivity contribution in [2.24, 2.45) is 0 Å². The predicted octanol–water partition coefficient (Wildman–Crippen LogP) is -2.55. The topological polar surface area (TPSA) is 236 Å². The molecule has 0 aromatic rings. The molecule has 2 rings (SSSR count). The lowest BCUT2D eigenvalue weighted by Crippen LogP contribution is -2.36. The van der Waals surface area contributed by atoms with E-state index in [0.29, 0.717) is 0 Å². The van der Waals surface area contributed by atoms with Crippen molar-refractivity contribution >= 4 is 67.6 Å². The molecule has 0 radical (unpaired) electrons. The van der Waals surface area contributed by atoms with Crippen molar-refractivity contribution in [3.8, 4) is 0 Å². The third-order valence-electron chi connectivity index (χ3n) is 4.13. The number of carbonyl (C=O) groups is 6. The maximum absolute atomic E-state index is 11.7. The average Bonchev–Trinajstić information content (AvgIpc) is 3.12. The predicted molar refractivity (Wildman–Crippen MR) is 102 cm³/mol. The van der Waals surface area contributed by atoms with E-state index in [0.717, 1.165) is 11.8 Å². The Kier molecular flexibility index (Phi) is 8.17. The highest BCUT2D eigenvalue weighted by molar-refractivity contribution is 7.99. The van der Waals surface area contributed by atoms with E-state index in [4.69, 9.17) is 9.11 Å². The molecule has 2 saturated heterocycles. The Morgan fingerprint density at radius 3 is 1.39 bits per heavy atom. The van der Waals surface area contributed by atoms with Gasteiger partial charge in [0.2, 0.25) is 0 Å². The van der Waals surface area contributed by atoms with Crippen LogP contribution in [0.2, 0.25) is 0 Å². The molecule has 2 atom stereocenters. The molecule has 2 aliphatic rings. The van der Waals surface area contributed by atoms with Gasteiger partial charge in [-0.2, -0.15) is 28.6 Å². The van der Waals surface area contributed by atoms with Crippen LogP contribution >= 0.6 is 11.8 Å². The highest BCUT2D eigenvalue weighted by atomic mass is 32.2. The largest absolute Gasteiger partial charge is 0.334 e. The number of thioether (sulfide) groups is 1. The Morgan fingerprint density at radius 1 is 0.788 bits per heavy atom. The van der Waals surface area contributed by atoms with Crippen LogP contribution in [0.1, 0.15) is 25.7 Å². The fourth-order valence-electron chi connectivity index (χ4n) is 2.53. The number of nitrogens with zero attached hydrogens (tertiary/aromatic N) is 2. The lowest BCUT2D eigenvalue weighted by molar-refractivity contribution is -0.197. The van der Waals surface area contributed by atoms with Gasteiger partial charge in [0.15, 0.2) is 10.5 Å². The minimum atomic E-state index is -4.85. The first-order chi connectivity index (χ1) is 15.1. The minimum Gasteiger partial charge on any atom is -0.330 e. The molecule has 0 aliphatic carbocycles. The van der Waals surface area contributed by atoms with Gasteiger partial charge in [0.1, 0.15) is 0 Å². The molecule has 184 valence electrons. The summed E-state index contributed by atoms with van der Waals surface area (Å²) >= 11 is 0.988. The molecule has 2 heterocycles. The number of hydroxylamine groups is 4. The van der Waals surface area contributed by atoms with Crippen LogP contribution in [-0.4, -0.2) is 93.6 Å². The molecule has 0 saturated carbocycles. The van der Waals surface area contributed by atoms with Gasteiger partial charge < -0.3 is 9.68 Å². The molecule has 19 heteroatoms. The number of imide groups is 2. The van der Waals surface area contributed by atoms with E-state index >= 15 is 0 Å². The van der Waals surface area contributed by atoms with Crippen LogP contribution in [0.25, 0.3) is 0 Å². The van der Waals surface area contributed by atoms with Crippen LogP contribution in [0.5, 0.6) is 0 Å². The number of carbonyl (C=O) groups excluding carboxylic acids is 6. The third-order valence-corrected chi connectivity index (χ3v) is 7.29. The standard InChI is InChI=1S/C14H16N2O14S3/c17-9-5-7(32(23,24)25)13(21)15(9)29-11(19)1-3-31-4-2-12(20)30-16-10(18)6-8(14(16)22)33(26,27)28/h7-8H,1-6H2,(H,23,24,25)(H,26,27,28). The van der Waals surface area contributed by atoms with Gasteiger partial charge in [-0.25, -0.2) is 9.59 Å². The van der Waals surface area contributed by atoms with Crippen molar-refractivity contribution in [1.29, 1.82) is 0 Å². The van der Waals surface area contributed by atoms with Gasteiger partial charge in [-0.1, -0.05) is 0 Å². The van der Waals surface area contributed by atoms with Crippen molar-refractivity contribution in [2.45, 2.75) is 36.2 Å².